The van der Waals surface area contributed by atoms with Crippen LogP contribution in [-0.4, -0.2) is 54.2 Å². The Morgan fingerprint density at radius 3 is 2.75 bits per heavy atom. The maximum absolute atomic E-state index is 13.3. The highest BCUT2D eigenvalue weighted by Gasteiger charge is 2.33. The number of rotatable bonds is 3. The average molecular weight is 333 g/mol. The number of nitrogens with zero attached hydrogens (tertiary/aromatic N) is 2. The fourth-order valence-electron chi connectivity index (χ4n) is 3.15. The average Bonchev–Trinajstić information content (AvgIpc) is 3.04. The van der Waals surface area contributed by atoms with Gasteiger partial charge in [0, 0.05) is 43.2 Å². The molecule has 1 atom stereocenters. The van der Waals surface area contributed by atoms with E-state index in [0.29, 0.717) is 24.5 Å². The summed E-state index contributed by atoms with van der Waals surface area (Å²) in [5.41, 5.74) is 0.522. The van der Waals surface area contributed by atoms with Gasteiger partial charge in [-0.15, -0.1) is 0 Å². The van der Waals surface area contributed by atoms with Gasteiger partial charge in [0.2, 0.25) is 0 Å². The number of pyridine rings is 1. The monoisotopic (exact) mass is 333 g/mol. The van der Waals surface area contributed by atoms with E-state index in [9.17, 15) is 13.6 Å². The molecule has 0 saturated carbocycles. The Morgan fingerprint density at radius 1 is 1.21 bits per heavy atom. The zero-order chi connectivity index (χ0) is 16.7. The van der Waals surface area contributed by atoms with Gasteiger partial charge >= 0.3 is 0 Å². The van der Waals surface area contributed by atoms with Gasteiger partial charge in [-0.05, 0) is 18.6 Å². The molecule has 2 aliphatic heterocycles. The number of hydrogen-bond acceptors (Lipinski definition) is 4. The van der Waals surface area contributed by atoms with E-state index >= 15 is 0 Å². The van der Waals surface area contributed by atoms with Crippen LogP contribution in [0.4, 0.5) is 8.78 Å². The van der Waals surface area contributed by atoms with Crippen molar-refractivity contribution < 1.29 is 18.3 Å². The van der Waals surface area contributed by atoms with Crippen molar-refractivity contribution in [1.29, 1.82) is 0 Å². The normalized spacial score (nSPS) is 21.2. The molecule has 5 nitrogen and oxygen atoms in total. The molecule has 2 aliphatic rings. The SMILES string of the molecule is O=C(c1ccc2cc(F)c(F)cc2n1)N1CC(NC2CCOC2)C1. The highest BCUT2D eigenvalue weighted by Crippen LogP contribution is 2.20. The van der Waals surface area contributed by atoms with E-state index in [1.165, 1.54) is 0 Å². The van der Waals surface area contributed by atoms with Crippen molar-refractivity contribution in [3.63, 3.8) is 0 Å². The number of carbonyl (C=O) groups is 1. The smallest absolute Gasteiger partial charge is 0.272 e. The molecule has 126 valence electrons. The summed E-state index contributed by atoms with van der Waals surface area (Å²) < 4.78 is 31.9. The Morgan fingerprint density at radius 2 is 2.00 bits per heavy atom. The number of hydrogen-bond donors (Lipinski definition) is 1. The lowest BCUT2D eigenvalue weighted by atomic mass is 10.1. The van der Waals surface area contributed by atoms with Gasteiger partial charge in [-0.3, -0.25) is 4.79 Å². The fourth-order valence-corrected chi connectivity index (χ4v) is 3.15. The maximum Gasteiger partial charge on any atom is 0.272 e. The van der Waals surface area contributed by atoms with Crippen molar-refractivity contribution in [3.05, 3.63) is 41.6 Å². The second-order valence-corrected chi connectivity index (χ2v) is 6.29. The molecule has 0 radical (unpaired) electrons. The van der Waals surface area contributed by atoms with E-state index in [2.05, 4.69) is 10.3 Å². The molecule has 1 unspecified atom stereocenters. The van der Waals surface area contributed by atoms with Crippen molar-refractivity contribution >= 4 is 16.8 Å². The van der Waals surface area contributed by atoms with Gasteiger partial charge in [0.25, 0.3) is 5.91 Å². The van der Waals surface area contributed by atoms with Gasteiger partial charge in [0.15, 0.2) is 11.6 Å². The molecule has 2 aromatic rings. The predicted octanol–water partition coefficient (Wildman–Crippen LogP) is 1.72. The third-order valence-electron chi connectivity index (χ3n) is 4.52. The van der Waals surface area contributed by atoms with Crippen LogP contribution < -0.4 is 5.32 Å². The Bertz CT molecular complexity index is 787. The summed E-state index contributed by atoms with van der Waals surface area (Å²) in [6.07, 6.45) is 0.999. The van der Waals surface area contributed by atoms with E-state index in [1.807, 2.05) is 0 Å². The molecule has 2 fully saturated rings. The van der Waals surface area contributed by atoms with Crippen LogP contribution in [-0.2, 0) is 4.74 Å². The Hall–Kier alpha value is -2.12. The fraction of sp³-hybridized carbons (Fsp3) is 0.412. The standard InChI is InChI=1S/C17H17F2N3O2/c18-13-5-10-1-2-15(21-16(10)6-14(13)19)17(23)22-7-12(8-22)20-11-3-4-24-9-11/h1-2,5-6,11-12,20H,3-4,7-9H2. The summed E-state index contributed by atoms with van der Waals surface area (Å²) in [4.78, 5) is 18.3. The molecule has 24 heavy (non-hydrogen) atoms. The van der Waals surface area contributed by atoms with Gasteiger partial charge in [-0.1, -0.05) is 6.07 Å². The van der Waals surface area contributed by atoms with Gasteiger partial charge < -0.3 is 15.0 Å². The number of nitrogens with one attached hydrogen (secondary N) is 1. The lowest BCUT2D eigenvalue weighted by Crippen LogP contribution is -2.61. The maximum atomic E-state index is 13.3. The highest BCUT2D eigenvalue weighted by atomic mass is 19.2. The Kier molecular flexibility index (Phi) is 3.90. The van der Waals surface area contributed by atoms with Crippen LogP contribution in [0.1, 0.15) is 16.9 Å². The van der Waals surface area contributed by atoms with Crippen molar-refractivity contribution in [2.75, 3.05) is 26.3 Å². The quantitative estimate of drug-likeness (QED) is 0.929. The van der Waals surface area contributed by atoms with Gasteiger partial charge in [-0.2, -0.15) is 0 Å². The molecule has 2 saturated heterocycles. The predicted molar refractivity (Wildman–Crippen MR) is 83.7 cm³/mol. The topological polar surface area (TPSA) is 54.5 Å². The van der Waals surface area contributed by atoms with Gasteiger partial charge in [0.05, 0.1) is 12.1 Å². The minimum atomic E-state index is -0.966. The van der Waals surface area contributed by atoms with E-state index in [4.69, 9.17) is 4.74 Å². The summed E-state index contributed by atoms with van der Waals surface area (Å²) in [7, 11) is 0. The van der Waals surface area contributed by atoms with Crippen LogP contribution in [0.25, 0.3) is 10.9 Å². The van der Waals surface area contributed by atoms with E-state index in [1.54, 1.807) is 17.0 Å². The summed E-state index contributed by atoms with van der Waals surface area (Å²) >= 11 is 0. The van der Waals surface area contributed by atoms with Crippen LogP contribution >= 0.6 is 0 Å². The molecule has 3 heterocycles. The summed E-state index contributed by atoms with van der Waals surface area (Å²) in [6.45, 7) is 2.74. The molecule has 1 aromatic heterocycles. The first kappa shape index (κ1) is 15.4. The number of aromatic nitrogens is 1. The van der Waals surface area contributed by atoms with E-state index in [-0.39, 0.29) is 23.2 Å². The largest absolute Gasteiger partial charge is 0.380 e. The summed E-state index contributed by atoms with van der Waals surface area (Å²) in [5.74, 6) is -2.08. The number of amides is 1. The van der Waals surface area contributed by atoms with Crippen LogP contribution in [0.5, 0.6) is 0 Å². The molecule has 7 heteroatoms. The molecular weight excluding hydrogens is 316 g/mol. The molecule has 4 rings (SSSR count). The van der Waals surface area contributed by atoms with Crippen LogP contribution in [0, 0.1) is 11.6 Å². The third kappa shape index (κ3) is 2.85. The summed E-state index contributed by atoms with van der Waals surface area (Å²) in [5, 5.41) is 3.93. The molecule has 0 aliphatic carbocycles. The molecule has 0 bridgehead atoms. The number of benzene rings is 1. The minimum Gasteiger partial charge on any atom is -0.380 e. The lowest BCUT2D eigenvalue weighted by Gasteiger charge is -2.40. The van der Waals surface area contributed by atoms with Crippen molar-refractivity contribution in [3.8, 4) is 0 Å². The second kappa shape index (κ2) is 6.07. The number of carbonyl (C=O) groups excluding carboxylic acids is 1. The van der Waals surface area contributed by atoms with Crippen LogP contribution in [0.2, 0.25) is 0 Å². The first-order valence-corrected chi connectivity index (χ1v) is 7.99. The van der Waals surface area contributed by atoms with Crippen molar-refractivity contribution in [1.82, 2.24) is 15.2 Å². The number of halogens is 2. The molecule has 0 spiro atoms. The third-order valence-corrected chi connectivity index (χ3v) is 4.52. The van der Waals surface area contributed by atoms with E-state index < -0.39 is 11.6 Å². The van der Waals surface area contributed by atoms with Crippen LogP contribution in [0.15, 0.2) is 24.3 Å². The number of fused-ring (bicyclic) bond motifs is 1. The Labute approximate surface area is 137 Å². The molecular formula is C17H17F2N3O2. The van der Waals surface area contributed by atoms with Crippen LogP contribution in [0.3, 0.4) is 0 Å². The minimum absolute atomic E-state index is 0.192. The zero-order valence-electron chi connectivity index (χ0n) is 13.0. The van der Waals surface area contributed by atoms with Gasteiger partial charge in [0.1, 0.15) is 5.69 Å². The zero-order valence-corrected chi connectivity index (χ0v) is 13.0. The second-order valence-electron chi connectivity index (χ2n) is 6.29. The number of ether oxygens (including phenoxy) is 1. The van der Waals surface area contributed by atoms with Gasteiger partial charge in [-0.25, -0.2) is 13.8 Å². The highest BCUT2D eigenvalue weighted by molar-refractivity contribution is 5.95. The van der Waals surface area contributed by atoms with Crippen molar-refractivity contribution in [2.24, 2.45) is 0 Å². The molecule has 1 amide bonds. The van der Waals surface area contributed by atoms with E-state index in [0.717, 1.165) is 31.8 Å². The first-order valence-electron chi connectivity index (χ1n) is 7.99. The van der Waals surface area contributed by atoms with Crippen molar-refractivity contribution in [2.45, 2.75) is 18.5 Å². The lowest BCUT2D eigenvalue weighted by molar-refractivity contribution is 0.0543. The first-order chi connectivity index (χ1) is 11.6. The number of likely N-dealkylation sites (tertiary alicyclic amines) is 1. The Balaban J connectivity index is 1.43. The molecule has 1 N–H and O–H groups in total. The summed E-state index contributed by atoms with van der Waals surface area (Å²) in [6, 6.07) is 5.87. The molecule has 1 aromatic carbocycles.